The van der Waals surface area contributed by atoms with Crippen molar-refractivity contribution in [3.05, 3.63) is 76.3 Å². The average Bonchev–Trinajstić information content (AvgIpc) is 2.64. The molecule has 0 spiro atoms. The molecule has 1 amide bonds. The Balaban J connectivity index is 1.85. The fourth-order valence-corrected chi connectivity index (χ4v) is 3.51. The van der Waals surface area contributed by atoms with Crippen LogP contribution in [0, 0.1) is 0 Å². The van der Waals surface area contributed by atoms with Crippen molar-refractivity contribution in [2.75, 3.05) is 0 Å². The highest BCUT2D eigenvalue weighted by Crippen LogP contribution is 2.31. The van der Waals surface area contributed by atoms with E-state index in [-0.39, 0.29) is 17.5 Å². The van der Waals surface area contributed by atoms with Gasteiger partial charge in [-0.2, -0.15) is 0 Å². The molecule has 0 fully saturated rings. The largest absolute Gasteiger partial charge is 0.327 e. The molecule has 2 aromatic carbocycles. The summed E-state index contributed by atoms with van der Waals surface area (Å²) in [4.78, 5) is 32.3. The first-order chi connectivity index (χ1) is 12.1. The predicted molar refractivity (Wildman–Crippen MR) is 96.1 cm³/mol. The fraction of sp³-hybridized carbons (Fsp3) is 0.250. The number of carbonyl (C=O) groups is 1. The van der Waals surface area contributed by atoms with E-state index in [1.807, 2.05) is 55.5 Å². The van der Waals surface area contributed by atoms with E-state index < -0.39 is 6.04 Å². The van der Waals surface area contributed by atoms with Crippen LogP contribution in [0.2, 0.25) is 0 Å². The molecule has 2 heterocycles. The van der Waals surface area contributed by atoms with Gasteiger partial charge < -0.3 is 4.90 Å². The number of fused-ring (bicyclic) bond motifs is 2. The zero-order valence-corrected chi connectivity index (χ0v) is 14.2. The number of para-hydroxylation sites is 1. The van der Waals surface area contributed by atoms with Gasteiger partial charge in [-0.15, -0.1) is 0 Å². The topological polar surface area (TPSA) is 55.2 Å². The minimum atomic E-state index is -0.556. The summed E-state index contributed by atoms with van der Waals surface area (Å²) in [6.07, 6.45) is 0. The number of nitrogens with zero attached hydrogens (tertiary/aromatic N) is 3. The highest BCUT2D eigenvalue weighted by molar-refractivity contribution is 5.83. The lowest BCUT2D eigenvalue weighted by Gasteiger charge is -2.38. The average molecular weight is 333 g/mol. The smallest absolute Gasteiger partial charge is 0.262 e. The Labute approximate surface area is 145 Å². The quantitative estimate of drug-likeness (QED) is 0.724. The van der Waals surface area contributed by atoms with E-state index in [0.717, 1.165) is 5.56 Å². The van der Waals surface area contributed by atoms with E-state index in [2.05, 4.69) is 0 Å². The van der Waals surface area contributed by atoms with Crippen molar-refractivity contribution in [2.45, 2.75) is 32.5 Å². The van der Waals surface area contributed by atoms with Crippen molar-refractivity contribution in [1.82, 2.24) is 14.5 Å². The summed E-state index contributed by atoms with van der Waals surface area (Å²) in [5.41, 5.74) is 1.59. The molecule has 1 aromatic heterocycles. The third-order valence-electron chi connectivity index (χ3n) is 4.90. The lowest BCUT2D eigenvalue weighted by atomic mass is 10.1. The molecule has 1 aliphatic rings. The van der Waals surface area contributed by atoms with Gasteiger partial charge in [-0.05, 0) is 31.5 Å². The summed E-state index contributed by atoms with van der Waals surface area (Å²) in [5.74, 6) is 0.592. The van der Waals surface area contributed by atoms with Crippen molar-refractivity contribution in [3.8, 4) is 0 Å². The Morgan fingerprint density at radius 1 is 0.920 bits per heavy atom. The maximum Gasteiger partial charge on any atom is 0.262 e. The van der Waals surface area contributed by atoms with Gasteiger partial charge >= 0.3 is 0 Å². The van der Waals surface area contributed by atoms with Gasteiger partial charge in [0.15, 0.2) is 0 Å². The first-order valence-electron chi connectivity index (χ1n) is 8.43. The maximum atomic E-state index is 12.9. The second-order valence-electron chi connectivity index (χ2n) is 6.47. The molecule has 3 aromatic rings. The Morgan fingerprint density at radius 3 is 2.36 bits per heavy atom. The van der Waals surface area contributed by atoms with E-state index in [9.17, 15) is 9.59 Å². The minimum Gasteiger partial charge on any atom is -0.327 e. The number of hydrogen-bond donors (Lipinski definition) is 0. The molecule has 0 bridgehead atoms. The molecule has 0 saturated heterocycles. The van der Waals surface area contributed by atoms with Crippen molar-refractivity contribution >= 4 is 16.8 Å². The van der Waals surface area contributed by atoms with Crippen LogP contribution in [0.1, 0.15) is 37.3 Å². The van der Waals surface area contributed by atoms with E-state index >= 15 is 0 Å². The zero-order chi connectivity index (χ0) is 17.6. The molecule has 0 radical (unpaired) electrons. The molecule has 0 aliphatic carbocycles. The number of benzene rings is 2. The van der Waals surface area contributed by atoms with Gasteiger partial charge in [0.05, 0.1) is 16.9 Å². The second-order valence-corrected chi connectivity index (χ2v) is 6.47. The molecule has 126 valence electrons. The van der Waals surface area contributed by atoms with E-state index in [0.29, 0.717) is 23.3 Å². The lowest BCUT2D eigenvalue weighted by Crippen LogP contribution is -2.48. The normalized spacial score (nSPS) is 19.9. The maximum absolute atomic E-state index is 12.9. The van der Waals surface area contributed by atoms with Gasteiger partial charge in [0.25, 0.3) is 5.56 Å². The predicted octanol–water partition coefficient (Wildman–Crippen LogP) is 3.06. The Hall–Kier alpha value is -2.95. The Kier molecular flexibility index (Phi) is 3.64. The number of rotatable bonds is 2. The van der Waals surface area contributed by atoms with E-state index in [1.54, 1.807) is 22.5 Å². The van der Waals surface area contributed by atoms with Crippen LogP contribution in [-0.4, -0.2) is 20.4 Å². The van der Waals surface area contributed by atoms with Crippen molar-refractivity contribution in [1.29, 1.82) is 0 Å². The summed E-state index contributed by atoms with van der Waals surface area (Å²) < 4.78 is 1.55. The Bertz CT molecular complexity index is 1010. The summed E-state index contributed by atoms with van der Waals surface area (Å²) in [6.45, 7) is 4.21. The molecule has 4 rings (SSSR count). The van der Waals surface area contributed by atoms with Gasteiger partial charge in [-0.3, -0.25) is 14.2 Å². The van der Waals surface area contributed by atoms with Crippen LogP contribution in [0.3, 0.4) is 0 Å². The SMILES string of the molecule is CC1c2nc3ccccc3c(=O)n2C(C)C(=O)N1Cc1ccccc1. The van der Waals surface area contributed by atoms with Crippen LogP contribution in [0.4, 0.5) is 0 Å². The first kappa shape index (κ1) is 15.6. The van der Waals surface area contributed by atoms with Crippen LogP contribution in [-0.2, 0) is 11.3 Å². The van der Waals surface area contributed by atoms with Crippen molar-refractivity contribution < 1.29 is 4.79 Å². The third kappa shape index (κ3) is 2.43. The van der Waals surface area contributed by atoms with Gasteiger partial charge in [0.1, 0.15) is 11.9 Å². The van der Waals surface area contributed by atoms with E-state index in [1.165, 1.54) is 0 Å². The van der Waals surface area contributed by atoms with Crippen molar-refractivity contribution in [2.24, 2.45) is 0 Å². The minimum absolute atomic E-state index is 0.0527. The van der Waals surface area contributed by atoms with Gasteiger partial charge in [0.2, 0.25) is 5.91 Å². The molecule has 2 atom stereocenters. The molecule has 5 heteroatoms. The zero-order valence-electron chi connectivity index (χ0n) is 14.2. The number of carbonyl (C=O) groups excluding carboxylic acids is 1. The fourth-order valence-electron chi connectivity index (χ4n) is 3.51. The molecule has 1 aliphatic heterocycles. The van der Waals surface area contributed by atoms with E-state index in [4.69, 9.17) is 4.98 Å². The van der Waals surface area contributed by atoms with Crippen LogP contribution in [0.25, 0.3) is 10.9 Å². The highest BCUT2D eigenvalue weighted by atomic mass is 16.2. The second kappa shape index (κ2) is 5.84. The summed E-state index contributed by atoms with van der Waals surface area (Å²) in [6, 6.07) is 16.3. The molecule has 25 heavy (non-hydrogen) atoms. The molecule has 2 unspecified atom stereocenters. The lowest BCUT2D eigenvalue weighted by molar-refractivity contribution is -0.140. The summed E-state index contributed by atoms with van der Waals surface area (Å²) in [7, 11) is 0. The van der Waals surface area contributed by atoms with Gasteiger partial charge in [-0.1, -0.05) is 42.5 Å². The number of aromatic nitrogens is 2. The number of hydrogen-bond acceptors (Lipinski definition) is 3. The highest BCUT2D eigenvalue weighted by Gasteiger charge is 2.37. The van der Waals surface area contributed by atoms with Crippen LogP contribution in [0.15, 0.2) is 59.4 Å². The monoisotopic (exact) mass is 333 g/mol. The molecule has 0 N–H and O–H groups in total. The summed E-state index contributed by atoms with van der Waals surface area (Å²) in [5, 5.41) is 0.551. The molecular formula is C20H19N3O2. The summed E-state index contributed by atoms with van der Waals surface area (Å²) >= 11 is 0. The van der Waals surface area contributed by atoms with Crippen LogP contribution < -0.4 is 5.56 Å². The third-order valence-corrected chi connectivity index (χ3v) is 4.90. The number of amides is 1. The molecule has 5 nitrogen and oxygen atoms in total. The van der Waals surface area contributed by atoms with Crippen molar-refractivity contribution in [3.63, 3.8) is 0 Å². The van der Waals surface area contributed by atoms with Crippen LogP contribution in [0.5, 0.6) is 0 Å². The molecule has 0 saturated carbocycles. The van der Waals surface area contributed by atoms with Crippen LogP contribution >= 0.6 is 0 Å². The van der Waals surface area contributed by atoms with Gasteiger partial charge in [0, 0.05) is 6.54 Å². The Morgan fingerprint density at radius 2 is 1.60 bits per heavy atom. The first-order valence-corrected chi connectivity index (χ1v) is 8.43. The molecular weight excluding hydrogens is 314 g/mol. The van der Waals surface area contributed by atoms with Gasteiger partial charge in [-0.25, -0.2) is 4.98 Å². The standard InChI is InChI=1S/C20H19N3O2/c1-13-18-21-17-11-7-6-10-16(17)20(25)23(18)14(2)19(24)22(13)12-15-8-4-3-5-9-15/h3-11,13-14H,12H2,1-2H3.